The molecule has 4 aromatic rings. The average molecular weight is 407 g/mol. The van der Waals surface area contributed by atoms with Crippen molar-refractivity contribution < 1.29 is 26.8 Å². The van der Waals surface area contributed by atoms with Crippen molar-refractivity contribution in [1.29, 1.82) is 0 Å². The molecule has 0 saturated heterocycles. The number of para-hydroxylation sites is 1. The van der Waals surface area contributed by atoms with Crippen molar-refractivity contribution in [3.63, 3.8) is 0 Å². The topological polar surface area (TPSA) is 68.0 Å². The molecule has 1 amide bonds. The van der Waals surface area contributed by atoms with Crippen molar-refractivity contribution in [3.8, 4) is 11.5 Å². The van der Waals surface area contributed by atoms with E-state index in [2.05, 4.69) is 15.3 Å². The summed E-state index contributed by atoms with van der Waals surface area (Å²) in [5.41, 5.74) is -1.31. The van der Waals surface area contributed by atoms with E-state index < -0.39 is 29.0 Å². The Balaban J connectivity index is 1.81. The molecule has 0 unspecified atom stereocenters. The molecule has 0 bridgehead atoms. The number of halogens is 4. The summed E-state index contributed by atoms with van der Waals surface area (Å²) in [6, 6.07) is 6.66. The van der Waals surface area contributed by atoms with E-state index in [1.54, 1.807) is 5.38 Å². The van der Waals surface area contributed by atoms with Gasteiger partial charge in [0.2, 0.25) is 5.89 Å². The van der Waals surface area contributed by atoms with Crippen LogP contribution in [0.15, 0.2) is 52.4 Å². The second kappa shape index (κ2) is 6.71. The lowest BCUT2D eigenvalue weighted by atomic mass is 10.1. The minimum atomic E-state index is -4.80. The molecular weight excluding hydrogens is 398 g/mol. The first kappa shape index (κ1) is 18.1. The van der Waals surface area contributed by atoms with Crippen LogP contribution in [-0.2, 0) is 6.18 Å². The van der Waals surface area contributed by atoms with Gasteiger partial charge in [0.1, 0.15) is 11.3 Å². The number of anilines is 1. The van der Waals surface area contributed by atoms with E-state index in [9.17, 15) is 22.4 Å². The third-order valence-electron chi connectivity index (χ3n) is 3.83. The molecule has 0 aliphatic heterocycles. The smallest absolute Gasteiger partial charge is 0.417 e. The van der Waals surface area contributed by atoms with Gasteiger partial charge in [-0.05, 0) is 30.3 Å². The van der Waals surface area contributed by atoms with Crippen molar-refractivity contribution in [2.45, 2.75) is 6.18 Å². The van der Waals surface area contributed by atoms with Gasteiger partial charge in [-0.15, -0.1) is 11.3 Å². The highest BCUT2D eigenvalue weighted by molar-refractivity contribution is 7.13. The van der Waals surface area contributed by atoms with Crippen LogP contribution in [0.5, 0.6) is 0 Å². The van der Waals surface area contributed by atoms with Gasteiger partial charge >= 0.3 is 6.18 Å². The Kier molecular flexibility index (Phi) is 4.34. The molecule has 0 fully saturated rings. The Labute approximate surface area is 158 Å². The van der Waals surface area contributed by atoms with Gasteiger partial charge in [-0.25, -0.2) is 14.4 Å². The van der Waals surface area contributed by atoms with Gasteiger partial charge in [-0.3, -0.25) is 10.1 Å². The third kappa shape index (κ3) is 3.33. The van der Waals surface area contributed by atoms with E-state index in [0.29, 0.717) is 11.2 Å². The number of nitrogens with one attached hydrogen (secondary N) is 1. The fraction of sp³-hybridized carbons (Fsp3) is 0.0556. The summed E-state index contributed by atoms with van der Waals surface area (Å²) in [4.78, 5) is 20.5. The number of amides is 1. The van der Waals surface area contributed by atoms with Crippen LogP contribution < -0.4 is 5.32 Å². The Hall–Kier alpha value is -3.27. The summed E-state index contributed by atoms with van der Waals surface area (Å²) >= 11 is 1.21. The van der Waals surface area contributed by atoms with Crippen molar-refractivity contribution in [2.24, 2.45) is 0 Å². The fourth-order valence-electron chi connectivity index (χ4n) is 2.63. The number of hydrogen-bond acceptors (Lipinski definition) is 5. The van der Waals surface area contributed by atoms with E-state index in [1.165, 1.54) is 35.7 Å². The molecule has 0 atom stereocenters. The monoisotopic (exact) mass is 407 g/mol. The first-order valence-electron chi connectivity index (χ1n) is 7.80. The van der Waals surface area contributed by atoms with E-state index in [0.717, 1.165) is 12.1 Å². The van der Waals surface area contributed by atoms with Crippen molar-refractivity contribution in [2.75, 3.05) is 5.32 Å². The van der Waals surface area contributed by atoms with Crippen molar-refractivity contribution >= 4 is 33.5 Å². The fourth-order valence-corrected chi connectivity index (χ4v) is 3.16. The lowest BCUT2D eigenvalue weighted by Gasteiger charge is -2.10. The number of nitrogens with zero attached hydrogens (tertiary/aromatic N) is 2. The molecule has 2 aromatic carbocycles. The largest absolute Gasteiger partial charge is 0.436 e. The molecule has 0 aliphatic carbocycles. The van der Waals surface area contributed by atoms with E-state index in [1.807, 2.05) is 0 Å². The minimum absolute atomic E-state index is 0.0870. The molecule has 4 rings (SSSR count). The van der Waals surface area contributed by atoms with Gasteiger partial charge in [0, 0.05) is 17.1 Å². The van der Waals surface area contributed by atoms with Gasteiger partial charge in [-0.2, -0.15) is 13.2 Å². The highest BCUT2D eigenvalue weighted by Crippen LogP contribution is 2.38. The molecule has 0 aliphatic rings. The molecule has 0 radical (unpaired) electrons. The Morgan fingerprint density at radius 3 is 2.71 bits per heavy atom. The number of thiazole rings is 1. The second-order valence-corrected chi connectivity index (χ2v) is 6.54. The van der Waals surface area contributed by atoms with Crippen molar-refractivity contribution in [1.82, 2.24) is 9.97 Å². The van der Waals surface area contributed by atoms with E-state index >= 15 is 0 Å². The highest BCUT2D eigenvalue weighted by atomic mass is 32.1. The lowest BCUT2D eigenvalue weighted by Crippen LogP contribution is -2.12. The maximum absolute atomic E-state index is 13.3. The zero-order chi connectivity index (χ0) is 19.9. The van der Waals surface area contributed by atoms with Crippen LogP contribution in [0.4, 0.5) is 22.7 Å². The quantitative estimate of drug-likeness (QED) is 0.464. The summed E-state index contributed by atoms with van der Waals surface area (Å²) < 4.78 is 58.6. The predicted octanol–water partition coefficient (Wildman–Crippen LogP) is 5.36. The van der Waals surface area contributed by atoms with Crippen LogP contribution in [0.3, 0.4) is 0 Å². The molecule has 1 N–H and O–H groups in total. The van der Waals surface area contributed by atoms with Gasteiger partial charge in [-0.1, -0.05) is 6.07 Å². The maximum Gasteiger partial charge on any atom is 0.417 e. The number of rotatable bonds is 3. The Bertz CT molecular complexity index is 1170. The Morgan fingerprint density at radius 2 is 2.00 bits per heavy atom. The summed E-state index contributed by atoms with van der Waals surface area (Å²) in [7, 11) is 0. The number of carbonyl (C=O) groups is 1. The average Bonchev–Trinajstić information content (AvgIpc) is 3.29. The summed E-state index contributed by atoms with van der Waals surface area (Å²) in [6.07, 6.45) is -3.29. The standard InChI is InChI=1S/C18H9F4N3O2S/c19-9-4-5-10(12(8-9)18(20,21)22)16-24-14-11(2-1-3-13(14)27-16)15(26)25-17-23-6-7-28-17/h1-8H,(H,23,25,26). The normalized spacial score (nSPS) is 11.7. The number of fused-ring (bicyclic) bond motifs is 1. The highest BCUT2D eigenvalue weighted by Gasteiger charge is 2.35. The molecule has 0 spiro atoms. The number of aromatic nitrogens is 2. The first-order valence-corrected chi connectivity index (χ1v) is 8.68. The maximum atomic E-state index is 13.3. The number of oxazole rings is 1. The van der Waals surface area contributed by atoms with Crippen LogP contribution >= 0.6 is 11.3 Å². The van der Waals surface area contributed by atoms with Gasteiger partial charge in [0.05, 0.1) is 11.1 Å². The number of hydrogen-bond donors (Lipinski definition) is 1. The van der Waals surface area contributed by atoms with Gasteiger partial charge in [0.15, 0.2) is 10.7 Å². The minimum Gasteiger partial charge on any atom is -0.436 e. The summed E-state index contributed by atoms with van der Waals surface area (Å²) in [5, 5.41) is 4.62. The lowest BCUT2D eigenvalue weighted by molar-refractivity contribution is -0.137. The van der Waals surface area contributed by atoms with E-state index in [-0.39, 0.29) is 22.6 Å². The van der Waals surface area contributed by atoms with E-state index in [4.69, 9.17) is 4.42 Å². The van der Waals surface area contributed by atoms with Crippen LogP contribution in [0.2, 0.25) is 0 Å². The predicted molar refractivity (Wildman–Crippen MR) is 94.5 cm³/mol. The van der Waals surface area contributed by atoms with Gasteiger partial charge in [0.25, 0.3) is 5.91 Å². The molecule has 2 aromatic heterocycles. The molecule has 142 valence electrons. The van der Waals surface area contributed by atoms with Gasteiger partial charge < -0.3 is 4.42 Å². The van der Waals surface area contributed by atoms with Crippen molar-refractivity contribution in [3.05, 3.63) is 64.9 Å². The van der Waals surface area contributed by atoms with Crippen LogP contribution in [0.1, 0.15) is 15.9 Å². The molecular formula is C18H9F4N3O2S. The molecule has 5 nitrogen and oxygen atoms in total. The molecule has 28 heavy (non-hydrogen) atoms. The Morgan fingerprint density at radius 1 is 1.18 bits per heavy atom. The summed E-state index contributed by atoms with van der Waals surface area (Å²) in [5.74, 6) is -1.93. The summed E-state index contributed by atoms with van der Waals surface area (Å²) in [6.45, 7) is 0. The second-order valence-electron chi connectivity index (χ2n) is 5.65. The first-order chi connectivity index (χ1) is 13.3. The van der Waals surface area contributed by atoms with Crippen LogP contribution in [0.25, 0.3) is 22.6 Å². The molecule has 0 saturated carbocycles. The van der Waals surface area contributed by atoms with Crippen LogP contribution in [-0.4, -0.2) is 15.9 Å². The SMILES string of the molecule is O=C(Nc1nccs1)c1cccc2oc(-c3ccc(F)cc3C(F)(F)F)nc12. The number of benzene rings is 2. The van der Waals surface area contributed by atoms with Crippen LogP contribution in [0, 0.1) is 5.82 Å². The molecule has 2 heterocycles. The zero-order valence-corrected chi connectivity index (χ0v) is 14.6. The number of carbonyl (C=O) groups excluding carboxylic acids is 1. The third-order valence-corrected chi connectivity index (χ3v) is 4.52. The number of alkyl halides is 3. The zero-order valence-electron chi connectivity index (χ0n) is 13.7. The molecule has 10 heteroatoms.